The molecular weight excluding hydrogens is 334 g/mol. The van der Waals surface area contributed by atoms with E-state index >= 15 is 0 Å². The Morgan fingerprint density at radius 1 is 1.25 bits per heavy atom. The molecule has 0 unspecified atom stereocenters. The predicted molar refractivity (Wildman–Crippen MR) is 89.6 cm³/mol. The van der Waals surface area contributed by atoms with Gasteiger partial charge in [-0.25, -0.2) is 4.68 Å². The number of carbonyl (C=O) groups is 1. The van der Waals surface area contributed by atoms with Crippen molar-refractivity contribution in [2.75, 3.05) is 31.2 Å². The molecule has 8 heteroatoms. The van der Waals surface area contributed by atoms with Gasteiger partial charge in [-0.15, -0.1) is 0 Å². The monoisotopic (exact) mass is 349 g/mol. The summed E-state index contributed by atoms with van der Waals surface area (Å²) in [7, 11) is 0. The number of anilines is 1. The third-order valence-electron chi connectivity index (χ3n) is 3.74. The summed E-state index contributed by atoms with van der Waals surface area (Å²) in [6.45, 7) is 1.92. The fraction of sp³-hybridized carbons (Fsp3) is 0.312. The summed E-state index contributed by atoms with van der Waals surface area (Å²) in [5.41, 5.74) is 0.613. The number of aliphatic carboxylic acids is 1. The molecule has 0 saturated carbocycles. The summed E-state index contributed by atoms with van der Waals surface area (Å²) in [6.07, 6.45) is 0. The van der Waals surface area contributed by atoms with Crippen LogP contribution in [0.3, 0.4) is 0 Å². The van der Waals surface area contributed by atoms with Crippen LogP contribution in [0.25, 0.3) is 11.1 Å². The normalized spacial score (nSPS) is 14.6. The minimum absolute atomic E-state index is 0.393. The van der Waals surface area contributed by atoms with Crippen LogP contribution in [0.15, 0.2) is 35.1 Å². The Hall–Kier alpha value is -2.38. The average molecular weight is 350 g/mol. The van der Waals surface area contributed by atoms with Crippen LogP contribution in [-0.4, -0.2) is 47.2 Å². The van der Waals surface area contributed by atoms with Gasteiger partial charge in [-0.1, -0.05) is 23.7 Å². The first kappa shape index (κ1) is 16.5. The number of rotatable bonds is 4. The zero-order chi connectivity index (χ0) is 17.1. The van der Waals surface area contributed by atoms with Gasteiger partial charge in [0.1, 0.15) is 12.4 Å². The standard InChI is InChI=1S/C16H16ClN3O4/c17-12-3-1-11(2-4-12)13-9-14(19-5-7-24-8-6-19)18-20(16(13)23)10-15(21)22/h1-4,9H,5-8,10H2,(H,21,22). The summed E-state index contributed by atoms with van der Waals surface area (Å²) in [5, 5.41) is 13.8. The third kappa shape index (κ3) is 3.58. The summed E-state index contributed by atoms with van der Waals surface area (Å²) in [5.74, 6) is -0.560. The second kappa shape index (κ2) is 7.02. The van der Waals surface area contributed by atoms with E-state index in [-0.39, 0.29) is 0 Å². The lowest BCUT2D eigenvalue weighted by Gasteiger charge is -2.28. The SMILES string of the molecule is O=C(O)Cn1nc(N2CCOCC2)cc(-c2ccc(Cl)cc2)c1=O. The Morgan fingerprint density at radius 2 is 1.92 bits per heavy atom. The molecule has 0 atom stereocenters. The van der Waals surface area contributed by atoms with Gasteiger partial charge in [-0.2, -0.15) is 5.10 Å². The second-order valence-electron chi connectivity index (χ2n) is 5.38. The molecule has 1 aromatic carbocycles. The van der Waals surface area contributed by atoms with Gasteiger partial charge in [0.05, 0.1) is 18.8 Å². The fourth-order valence-corrected chi connectivity index (χ4v) is 2.67. The summed E-state index contributed by atoms with van der Waals surface area (Å²) >= 11 is 5.90. The van der Waals surface area contributed by atoms with Crippen molar-refractivity contribution in [3.8, 4) is 11.1 Å². The Bertz CT molecular complexity index is 798. The first-order valence-electron chi connectivity index (χ1n) is 7.47. The minimum atomic E-state index is -1.12. The maximum Gasteiger partial charge on any atom is 0.325 e. The van der Waals surface area contributed by atoms with Crippen LogP contribution in [0.4, 0.5) is 5.82 Å². The van der Waals surface area contributed by atoms with Crippen molar-refractivity contribution < 1.29 is 14.6 Å². The number of carboxylic acids is 1. The first-order chi connectivity index (χ1) is 11.5. The molecule has 24 heavy (non-hydrogen) atoms. The van der Waals surface area contributed by atoms with Gasteiger partial charge in [0.15, 0.2) is 0 Å². The van der Waals surface area contributed by atoms with E-state index < -0.39 is 18.1 Å². The van der Waals surface area contributed by atoms with E-state index in [2.05, 4.69) is 5.10 Å². The van der Waals surface area contributed by atoms with E-state index in [9.17, 15) is 9.59 Å². The van der Waals surface area contributed by atoms with Gasteiger partial charge in [0.2, 0.25) is 0 Å². The van der Waals surface area contributed by atoms with E-state index in [0.717, 1.165) is 4.68 Å². The van der Waals surface area contributed by atoms with Crippen LogP contribution >= 0.6 is 11.6 Å². The Morgan fingerprint density at radius 3 is 2.54 bits per heavy atom. The molecule has 0 aliphatic carbocycles. The van der Waals surface area contributed by atoms with Crippen molar-refractivity contribution in [2.24, 2.45) is 0 Å². The second-order valence-corrected chi connectivity index (χ2v) is 5.82. The number of morpholine rings is 1. The molecule has 1 N–H and O–H groups in total. The molecule has 1 fully saturated rings. The van der Waals surface area contributed by atoms with Gasteiger partial charge < -0.3 is 14.7 Å². The van der Waals surface area contributed by atoms with E-state index in [1.165, 1.54) is 0 Å². The first-order valence-corrected chi connectivity index (χ1v) is 7.85. The number of benzene rings is 1. The molecule has 3 rings (SSSR count). The lowest BCUT2D eigenvalue weighted by atomic mass is 10.1. The molecule has 0 spiro atoms. The highest BCUT2D eigenvalue weighted by atomic mass is 35.5. The number of hydrogen-bond donors (Lipinski definition) is 1. The molecule has 0 amide bonds. The smallest absolute Gasteiger partial charge is 0.325 e. The lowest BCUT2D eigenvalue weighted by molar-refractivity contribution is -0.137. The Labute approximate surface area is 143 Å². The minimum Gasteiger partial charge on any atom is -0.480 e. The maximum atomic E-state index is 12.6. The van der Waals surface area contributed by atoms with Crippen molar-refractivity contribution >= 4 is 23.4 Å². The predicted octanol–water partition coefficient (Wildman–Crippen LogP) is 1.48. The number of nitrogens with zero attached hydrogens (tertiary/aromatic N) is 3. The van der Waals surface area contributed by atoms with E-state index in [4.69, 9.17) is 21.4 Å². The summed E-state index contributed by atoms with van der Waals surface area (Å²) in [6, 6.07) is 8.52. The van der Waals surface area contributed by atoms with Gasteiger partial charge in [0.25, 0.3) is 5.56 Å². The Kier molecular flexibility index (Phi) is 4.82. The van der Waals surface area contributed by atoms with Gasteiger partial charge in [-0.3, -0.25) is 9.59 Å². The highest BCUT2D eigenvalue weighted by Crippen LogP contribution is 2.22. The van der Waals surface area contributed by atoms with Crippen LogP contribution in [0, 0.1) is 0 Å². The van der Waals surface area contributed by atoms with Gasteiger partial charge in [-0.05, 0) is 23.8 Å². The molecular formula is C16H16ClN3O4. The highest BCUT2D eigenvalue weighted by molar-refractivity contribution is 6.30. The number of carboxylic acid groups (broad SMARTS) is 1. The quantitative estimate of drug-likeness (QED) is 0.900. The van der Waals surface area contributed by atoms with Crippen LogP contribution in [-0.2, 0) is 16.1 Å². The van der Waals surface area contributed by atoms with Crippen LogP contribution in [0.5, 0.6) is 0 Å². The molecule has 0 radical (unpaired) electrons. The zero-order valence-corrected chi connectivity index (χ0v) is 13.6. The molecule has 2 aromatic rings. The molecule has 0 bridgehead atoms. The van der Waals surface area contributed by atoms with E-state index in [1.807, 2.05) is 4.90 Å². The van der Waals surface area contributed by atoms with Gasteiger partial charge in [0, 0.05) is 18.1 Å². The molecule has 1 saturated heterocycles. The molecule has 7 nitrogen and oxygen atoms in total. The van der Waals surface area contributed by atoms with Crippen molar-refractivity contribution in [3.05, 3.63) is 45.7 Å². The highest BCUT2D eigenvalue weighted by Gasteiger charge is 2.18. The van der Waals surface area contributed by atoms with Crippen molar-refractivity contribution in [1.82, 2.24) is 9.78 Å². The molecule has 126 valence electrons. The van der Waals surface area contributed by atoms with Crippen LogP contribution in [0.1, 0.15) is 0 Å². The topological polar surface area (TPSA) is 84.7 Å². The summed E-state index contributed by atoms with van der Waals surface area (Å²) < 4.78 is 6.30. The maximum absolute atomic E-state index is 12.6. The van der Waals surface area contributed by atoms with Crippen molar-refractivity contribution in [1.29, 1.82) is 0 Å². The molecule has 1 aromatic heterocycles. The number of ether oxygens (including phenoxy) is 1. The number of hydrogen-bond acceptors (Lipinski definition) is 5. The van der Waals surface area contributed by atoms with Crippen LogP contribution in [0.2, 0.25) is 5.02 Å². The molecule has 2 heterocycles. The molecule has 1 aliphatic heterocycles. The number of aromatic nitrogens is 2. The van der Waals surface area contributed by atoms with E-state index in [1.54, 1.807) is 30.3 Å². The van der Waals surface area contributed by atoms with E-state index in [0.29, 0.717) is 48.3 Å². The third-order valence-corrected chi connectivity index (χ3v) is 3.99. The van der Waals surface area contributed by atoms with Gasteiger partial charge >= 0.3 is 5.97 Å². The van der Waals surface area contributed by atoms with Crippen molar-refractivity contribution in [3.63, 3.8) is 0 Å². The fourth-order valence-electron chi connectivity index (χ4n) is 2.55. The number of halogens is 1. The van der Waals surface area contributed by atoms with Crippen LogP contribution < -0.4 is 10.5 Å². The molecule has 1 aliphatic rings. The zero-order valence-electron chi connectivity index (χ0n) is 12.8. The largest absolute Gasteiger partial charge is 0.480 e. The van der Waals surface area contributed by atoms with Crippen molar-refractivity contribution in [2.45, 2.75) is 6.54 Å². The summed E-state index contributed by atoms with van der Waals surface area (Å²) in [4.78, 5) is 25.6. The average Bonchev–Trinajstić information content (AvgIpc) is 2.58. The lowest BCUT2D eigenvalue weighted by Crippen LogP contribution is -2.39. The Balaban J connectivity index is 2.09.